The van der Waals surface area contributed by atoms with Crippen molar-refractivity contribution < 1.29 is 4.39 Å². The lowest BCUT2D eigenvalue weighted by Gasteiger charge is -2.20. The summed E-state index contributed by atoms with van der Waals surface area (Å²) in [6.07, 6.45) is 0. The highest BCUT2D eigenvalue weighted by molar-refractivity contribution is 9.10. The van der Waals surface area contributed by atoms with Crippen LogP contribution in [0.5, 0.6) is 0 Å². The molecule has 0 heterocycles. The lowest BCUT2D eigenvalue weighted by Crippen LogP contribution is -2.19. The third-order valence-electron chi connectivity index (χ3n) is 3.13. The standard InChI is InChI=1S/C15H13Br2ClFN/c1-8-3-5-11(16)10(7-8)15(20-2)9-4-6-12(17)13(18)14(9)19/h3-7,15,20H,1-2H3. The second-order valence-electron chi connectivity index (χ2n) is 4.51. The van der Waals surface area contributed by atoms with Gasteiger partial charge >= 0.3 is 0 Å². The van der Waals surface area contributed by atoms with E-state index < -0.39 is 5.82 Å². The number of aryl methyl sites for hydroxylation is 1. The van der Waals surface area contributed by atoms with Gasteiger partial charge < -0.3 is 5.32 Å². The molecule has 2 aromatic rings. The van der Waals surface area contributed by atoms with Crippen LogP contribution in [-0.4, -0.2) is 7.05 Å². The molecule has 2 aromatic carbocycles. The highest BCUT2D eigenvalue weighted by atomic mass is 79.9. The van der Waals surface area contributed by atoms with Crippen molar-refractivity contribution in [2.24, 2.45) is 0 Å². The summed E-state index contributed by atoms with van der Waals surface area (Å²) in [7, 11) is 1.80. The van der Waals surface area contributed by atoms with Crippen LogP contribution in [0.4, 0.5) is 4.39 Å². The predicted molar refractivity (Wildman–Crippen MR) is 88.9 cm³/mol. The first kappa shape index (κ1) is 16.0. The molecule has 1 N–H and O–H groups in total. The maximum absolute atomic E-state index is 14.4. The average molecular weight is 422 g/mol. The predicted octanol–water partition coefficient (Wildman–Crippen LogP) is 5.62. The molecular formula is C15H13Br2ClFN. The Morgan fingerprint density at radius 3 is 2.40 bits per heavy atom. The summed E-state index contributed by atoms with van der Waals surface area (Å²) in [5, 5.41) is 3.25. The van der Waals surface area contributed by atoms with Crippen LogP contribution in [0.2, 0.25) is 5.02 Å². The minimum Gasteiger partial charge on any atom is -0.309 e. The topological polar surface area (TPSA) is 12.0 Å². The van der Waals surface area contributed by atoms with E-state index in [0.717, 1.165) is 15.6 Å². The number of rotatable bonds is 3. The molecule has 0 aromatic heterocycles. The Morgan fingerprint density at radius 2 is 1.75 bits per heavy atom. The van der Waals surface area contributed by atoms with Crippen LogP contribution in [0, 0.1) is 12.7 Å². The molecule has 0 aliphatic heterocycles. The molecular weight excluding hydrogens is 408 g/mol. The molecule has 0 saturated heterocycles. The third-order valence-corrected chi connectivity index (χ3v) is 5.11. The summed E-state index contributed by atoms with van der Waals surface area (Å²) in [5.41, 5.74) is 2.61. The van der Waals surface area contributed by atoms with E-state index in [1.807, 2.05) is 25.1 Å². The van der Waals surface area contributed by atoms with Crippen LogP contribution in [0.1, 0.15) is 22.7 Å². The summed E-state index contributed by atoms with van der Waals surface area (Å²) >= 11 is 12.7. The molecule has 0 spiro atoms. The molecule has 0 fully saturated rings. The van der Waals surface area contributed by atoms with Gasteiger partial charge in [-0.1, -0.05) is 51.3 Å². The van der Waals surface area contributed by atoms with Crippen LogP contribution < -0.4 is 5.32 Å². The third kappa shape index (κ3) is 3.08. The van der Waals surface area contributed by atoms with E-state index in [1.165, 1.54) is 0 Å². The molecule has 0 aliphatic carbocycles. The maximum atomic E-state index is 14.4. The average Bonchev–Trinajstić information content (AvgIpc) is 2.43. The molecule has 1 unspecified atom stereocenters. The summed E-state index contributed by atoms with van der Waals surface area (Å²) in [6, 6.07) is 9.23. The molecule has 0 amide bonds. The zero-order valence-corrected chi connectivity index (χ0v) is 14.9. The number of nitrogens with one attached hydrogen (secondary N) is 1. The lowest BCUT2D eigenvalue weighted by atomic mass is 9.97. The molecule has 1 nitrogen and oxygen atoms in total. The number of hydrogen-bond donors (Lipinski definition) is 1. The van der Waals surface area contributed by atoms with Gasteiger partial charge in [0.05, 0.1) is 11.1 Å². The Morgan fingerprint density at radius 1 is 1.10 bits per heavy atom. The van der Waals surface area contributed by atoms with E-state index >= 15 is 0 Å². The molecule has 0 aliphatic rings. The smallest absolute Gasteiger partial charge is 0.148 e. The molecule has 0 saturated carbocycles. The van der Waals surface area contributed by atoms with Gasteiger partial charge in [-0.2, -0.15) is 0 Å². The van der Waals surface area contributed by atoms with Gasteiger partial charge in [0.2, 0.25) is 0 Å². The molecule has 0 bridgehead atoms. The summed E-state index contributed by atoms with van der Waals surface area (Å²) in [4.78, 5) is 0. The van der Waals surface area contributed by atoms with E-state index in [9.17, 15) is 4.39 Å². The molecule has 0 radical (unpaired) electrons. The van der Waals surface area contributed by atoms with Gasteiger partial charge in [-0.05, 0) is 47.6 Å². The van der Waals surface area contributed by atoms with Crippen LogP contribution >= 0.6 is 43.5 Å². The Bertz CT molecular complexity index is 646. The maximum Gasteiger partial charge on any atom is 0.148 e. The molecule has 1 atom stereocenters. The summed E-state index contributed by atoms with van der Waals surface area (Å²) in [6.45, 7) is 2.01. The van der Waals surface area contributed by atoms with E-state index in [2.05, 4.69) is 37.2 Å². The van der Waals surface area contributed by atoms with Crippen LogP contribution in [0.3, 0.4) is 0 Å². The Kier molecular flexibility index (Phi) is 5.24. The molecule has 5 heteroatoms. The van der Waals surface area contributed by atoms with Crippen molar-refractivity contribution >= 4 is 43.5 Å². The molecule has 20 heavy (non-hydrogen) atoms. The van der Waals surface area contributed by atoms with Crippen molar-refractivity contribution in [2.45, 2.75) is 13.0 Å². The highest BCUT2D eigenvalue weighted by Gasteiger charge is 2.21. The lowest BCUT2D eigenvalue weighted by molar-refractivity contribution is 0.575. The minimum absolute atomic E-state index is 0.103. The van der Waals surface area contributed by atoms with Crippen molar-refractivity contribution in [3.8, 4) is 0 Å². The zero-order valence-electron chi connectivity index (χ0n) is 11.0. The van der Waals surface area contributed by atoms with Crippen molar-refractivity contribution in [2.75, 3.05) is 7.05 Å². The Labute approximate surface area is 139 Å². The first-order valence-electron chi connectivity index (χ1n) is 6.02. The van der Waals surface area contributed by atoms with Crippen LogP contribution in [-0.2, 0) is 0 Å². The van der Waals surface area contributed by atoms with Gasteiger partial charge in [0.25, 0.3) is 0 Å². The van der Waals surface area contributed by atoms with Gasteiger partial charge in [-0.15, -0.1) is 0 Å². The Balaban J connectivity index is 2.58. The summed E-state index contributed by atoms with van der Waals surface area (Å²) in [5.74, 6) is -0.409. The quantitative estimate of drug-likeness (QED) is 0.634. The normalized spacial score (nSPS) is 12.5. The highest BCUT2D eigenvalue weighted by Crippen LogP contribution is 2.35. The first-order valence-corrected chi connectivity index (χ1v) is 7.98. The number of benzene rings is 2. The number of hydrogen-bond acceptors (Lipinski definition) is 1. The van der Waals surface area contributed by atoms with E-state index in [-0.39, 0.29) is 11.1 Å². The first-order chi connectivity index (χ1) is 9.45. The van der Waals surface area contributed by atoms with Crippen LogP contribution in [0.15, 0.2) is 39.3 Å². The van der Waals surface area contributed by atoms with Crippen molar-refractivity contribution in [3.05, 3.63) is 66.8 Å². The minimum atomic E-state index is -0.409. The van der Waals surface area contributed by atoms with Gasteiger partial charge in [0, 0.05) is 14.5 Å². The van der Waals surface area contributed by atoms with Gasteiger partial charge in [0.1, 0.15) is 5.82 Å². The fourth-order valence-corrected chi connectivity index (χ4v) is 3.08. The van der Waals surface area contributed by atoms with Crippen molar-refractivity contribution in [1.82, 2.24) is 5.32 Å². The zero-order chi connectivity index (χ0) is 14.9. The second-order valence-corrected chi connectivity index (χ2v) is 6.60. The van der Waals surface area contributed by atoms with Crippen molar-refractivity contribution in [3.63, 3.8) is 0 Å². The fourth-order valence-electron chi connectivity index (χ4n) is 2.13. The SMILES string of the molecule is CNC(c1cc(C)ccc1Br)c1ccc(Br)c(Cl)c1F. The van der Waals surface area contributed by atoms with Gasteiger partial charge in [0.15, 0.2) is 0 Å². The van der Waals surface area contributed by atoms with Crippen LogP contribution in [0.25, 0.3) is 0 Å². The molecule has 2 rings (SSSR count). The van der Waals surface area contributed by atoms with E-state index in [4.69, 9.17) is 11.6 Å². The monoisotopic (exact) mass is 419 g/mol. The van der Waals surface area contributed by atoms with E-state index in [0.29, 0.717) is 10.0 Å². The van der Waals surface area contributed by atoms with E-state index in [1.54, 1.807) is 19.2 Å². The van der Waals surface area contributed by atoms with Gasteiger partial charge in [-0.3, -0.25) is 0 Å². The van der Waals surface area contributed by atoms with Crippen molar-refractivity contribution in [1.29, 1.82) is 0 Å². The Hall–Kier alpha value is -0.420. The summed E-state index contributed by atoms with van der Waals surface area (Å²) < 4.78 is 15.9. The fraction of sp³-hybridized carbons (Fsp3) is 0.200. The number of halogens is 4. The van der Waals surface area contributed by atoms with Gasteiger partial charge in [-0.25, -0.2) is 4.39 Å². The second kappa shape index (κ2) is 6.56. The molecule has 106 valence electrons. The largest absolute Gasteiger partial charge is 0.309 e.